The summed E-state index contributed by atoms with van der Waals surface area (Å²) in [7, 11) is 1.46. The molecule has 13 nitrogen and oxygen atoms in total. The number of furan rings is 1. The third-order valence-corrected chi connectivity index (χ3v) is 8.78. The third-order valence-electron chi connectivity index (χ3n) is 7.98. The molecule has 6 heterocycles. The number of amides is 4. The van der Waals surface area contributed by atoms with Gasteiger partial charge in [-0.3, -0.25) is 24.5 Å². The Bertz CT molecular complexity index is 2420. The standard InChI is InChI=1S/C21H15F3N4O5.C6H3F3INO.C6H4F3NO/c1-32-13-3-2-10-8-28(17(29)14(10)6-13)9-20(18(30)26-19(31)27-20)15-5-11-4-12(21(22,23)24)7-25-16(11)33-15;7-6(8,9)3-1-4(10)5(12)11-2-3;7-6(8,9)4-1-2-5(11)10-3-4/h2-7H,8-9H2,1H3,(H2,26,27,30,31);1-2H,(H,11,12);1-3H,(H,10,11)/t20-;;/m0../s1. The summed E-state index contributed by atoms with van der Waals surface area (Å²) >= 11 is 1.55. The van der Waals surface area contributed by atoms with E-state index in [0.717, 1.165) is 24.3 Å². The highest BCUT2D eigenvalue weighted by atomic mass is 127. The molecule has 0 unspecified atom stereocenters. The number of halogens is 10. The highest BCUT2D eigenvalue weighted by molar-refractivity contribution is 14.1. The lowest BCUT2D eigenvalue weighted by Crippen LogP contribution is -2.52. The van der Waals surface area contributed by atoms with Gasteiger partial charge in [-0.05, 0) is 64.6 Å². The summed E-state index contributed by atoms with van der Waals surface area (Å²) in [4.78, 5) is 67.8. The van der Waals surface area contributed by atoms with E-state index in [1.807, 2.05) is 9.97 Å². The molecule has 1 aromatic carbocycles. The minimum atomic E-state index is -4.62. The van der Waals surface area contributed by atoms with Crippen LogP contribution < -0.4 is 26.5 Å². The van der Waals surface area contributed by atoms with Gasteiger partial charge in [0.25, 0.3) is 17.4 Å². The normalized spacial score (nSPS) is 16.7. The first-order valence-corrected chi connectivity index (χ1v) is 16.4. The number of aromatic amines is 2. The predicted molar refractivity (Wildman–Crippen MR) is 182 cm³/mol. The average Bonchev–Trinajstić information content (AvgIpc) is 3.77. The number of fused-ring (bicyclic) bond motifs is 2. The van der Waals surface area contributed by atoms with Gasteiger partial charge in [0.2, 0.25) is 11.3 Å². The molecule has 1 fully saturated rings. The Morgan fingerprint density at radius 2 is 1.50 bits per heavy atom. The first kappa shape index (κ1) is 41.3. The lowest BCUT2D eigenvalue weighted by atomic mass is 9.95. The molecule has 0 saturated carbocycles. The average molecular weight is 912 g/mol. The molecule has 5 aromatic rings. The minimum Gasteiger partial charge on any atom is -0.497 e. The Hall–Kier alpha value is -5.88. The first-order chi connectivity index (χ1) is 26.0. The summed E-state index contributed by atoms with van der Waals surface area (Å²) in [6.45, 7) is -0.161. The summed E-state index contributed by atoms with van der Waals surface area (Å²) in [5.41, 5.74) is -4.65. The second-order valence-electron chi connectivity index (χ2n) is 11.7. The Balaban J connectivity index is 0.000000213. The van der Waals surface area contributed by atoms with E-state index in [1.54, 1.807) is 40.8 Å². The molecule has 2 aliphatic heterocycles. The highest BCUT2D eigenvalue weighted by Gasteiger charge is 2.53. The molecule has 56 heavy (non-hydrogen) atoms. The van der Waals surface area contributed by atoms with Crippen molar-refractivity contribution in [3.63, 3.8) is 0 Å². The summed E-state index contributed by atoms with van der Waals surface area (Å²) in [5.74, 6) is -0.863. The molecular weight excluding hydrogens is 890 g/mol. The number of hydrogen-bond donors (Lipinski definition) is 4. The molecule has 4 aromatic heterocycles. The minimum absolute atomic E-state index is 0.00563. The van der Waals surface area contributed by atoms with Gasteiger partial charge in [0.15, 0.2) is 5.54 Å². The van der Waals surface area contributed by atoms with Crippen LogP contribution in [0.15, 0.2) is 81.1 Å². The van der Waals surface area contributed by atoms with E-state index in [0.29, 0.717) is 35.5 Å². The van der Waals surface area contributed by atoms with Crippen LogP contribution in [0.5, 0.6) is 5.75 Å². The number of imide groups is 1. The van der Waals surface area contributed by atoms with Crippen molar-refractivity contribution in [1.82, 2.24) is 30.5 Å². The molecule has 296 valence electrons. The number of alkyl halides is 9. The lowest BCUT2D eigenvalue weighted by Gasteiger charge is -2.28. The number of urea groups is 1. The van der Waals surface area contributed by atoms with Gasteiger partial charge in [0.05, 0.1) is 33.9 Å². The van der Waals surface area contributed by atoms with Crippen molar-refractivity contribution in [3.8, 4) is 5.75 Å². The number of hydrogen-bond acceptors (Lipinski definition) is 8. The maximum absolute atomic E-state index is 13.1. The van der Waals surface area contributed by atoms with Crippen LogP contribution in [0.3, 0.4) is 0 Å². The molecule has 1 atom stereocenters. The van der Waals surface area contributed by atoms with E-state index in [4.69, 9.17) is 9.15 Å². The van der Waals surface area contributed by atoms with Crippen molar-refractivity contribution in [2.75, 3.05) is 13.7 Å². The molecule has 0 aliphatic carbocycles. The molecule has 1 saturated heterocycles. The summed E-state index contributed by atoms with van der Waals surface area (Å²) in [6.07, 6.45) is -11.5. The summed E-state index contributed by atoms with van der Waals surface area (Å²) in [5, 5.41) is 4.58. The molecule has 0 radical (unpaired) electrons. The zero-order chi connectivity index (χ0) is 41.4. The molecule has 0 spiro atoms. The number of benzene rings is 1. The van der Waals surface area contributed by atoms with E-state index in [-0.39, 0.29) is 33.5 Å². The van der Waals surface area contributed by atoms with Crippen LogP contribution in [0.25, 0.3) is 11.1 Å². The number of carbonyl (C=O) groups excluding carboxylic acids is 3. The zero-order valence-corrected chi connectivity index (χ0v) is 30.0. The van der Waals surface area contributed by atoms with E-state index < -0.39 is 69.7 Å². The Labute approximate surface area is 319 Å². The number of nitrogens with one attached hydrogen (secondary N) is 4. The van der Waals surface area contributed by atoms with Crippen LogP contribution in [0.1, 0.15) is 38.4 Å². The van der Waals surface area contributed by atoms with Crippen molar-refractivity contribution >= 4 is 51.5 Å². The zero-order valence-electron chi connectivity index (χ0n) is 27.8. The van der Waals surface area contributed by atoms with Crippen LogP contribution in [-0.4, -0.2) is 51.4 Å². The van der Waals surface area contributed by atoms with E-state index in [1.165, 1.54) is 18.1 Å². The Kier molecular flexibility index (Phi) is 11.3. The molecule has 4 N–H and O–H groups in total. The number of methoxy groups -OCH3 is 1. The fourth-order valence-corrected chi connectivity index (χ4v) is 5.73. The Morgan fingerprint density at radius 1 is 0.839 bits per heavy atom. The smallest absolute Gasteiger partial charge is 0.417 e. The van der Waals surface area contributed by atoms with Gasteiger partial charge in [-0.25, -0.2) is 9.78 Å². The highest BCUT2D eigenvalue weighted by Crippen LogP contribution is 2.37. The number of carbonyl (C=O) groups is 3. The summed E-state index contributed by atoms with van der Waals surface area (Å²) < 4.78 is 121. The van der Waals surface area contributed by atoms with Gasteiger partial charge < -0.3 is 29.3 Å². The second-order valence-corrected chi connectivity index (χ2v) is 12.9. The number of aromatic nitrogens is 3. The van der Waals surface area contributed by atoms with E-state index in [9.17, 15) is 63.5 Å². The topological polar surface area (TPSA) is 179 Å². The van der Waals surface area contributed by atoms with Crippen molar-refractivity contribution in [2.45, 2.75) is 30.6 Å². The number of rotatable bonds is 4. The van der Waals surface area contributed by atoms with Gasteiger partial charge in [-0.2, -0.15) is 39.5 Å². The number of ether oxygens (including phenoxy) is 1. The maximum Gasteiger partial charge on any atom is 0.417 e. The predicted octanol–water partition coefficient (Wildman–Crippen LogP) is 5.94. The van der Waals surface area contributed by atoms with Crippen LogP contribution in [0, 0.1) is 3.57 Å². The number of H-pyrrole nitrogens is 2. The van der Waals surface area contributed by atoms with E-state index in [2.05, 4.69) is 15.6 Å². The molecular formula is C33H22F9IN6O7. The second kappa shape index (κ2) is 15.3. The van der Waals surface area contributed by atoms with Crippen LogP contribution in [0.4, 0.5) is 44.3 Å². The molecule has 4 amide bonds. The first-order valence-electron chi connectivity index (χ1n) is 15.3. The SMILES string of the molecule is COc1ccc2c(c1)C(=O)N(C[C@@]1(c3cc4cc(C(F)(F)F)cnc4o3)NC(=O)NC1=O)C2.O=c1[nH]cc(C(F)(F)F)cc1I.O=c1ccc(C(F)(F)F)c[nH]1. The van der Waals surface area contributed by atoms with Gasteiger partial charge in [-0.1, -0.05) is 6.07 Å². The van der Waals surface area contributed by atoms with Crippen LogP contribution in [-0.2, 0) is 35.4 Å². The van der Waals surface area contributed by atoms with Crippen molar-refractivity contribution < 1.29 is 63.1 Å². The van der Waals surface area contributed by atoms with Gasteiger partial charge in [0.1, 0.15) is 11.5 Å². The molecule has 7 rings (SSSR count). The fourth-order valence-electron chi connectivity index (χ4n) is 5.24. The van der Waals surface area contributed by atoms with Gasteiger partial charge in [0, 0.05) is 42.2 Å². The van der Waals surface area contributed by atoms with E-state index >= 15 is 0 Å². The van der Waals surface area contributed by atoms with Crippen molar-refractivity contribution in [1.29, 1.82) is 0 Å². The number of nitrogens with zero attached hydrogens (tertiary/aromatic N) is 2. The van der Waals surface area contributed by atoms with Gasteiger partial charge in [-0.15, -0.1) is 0 Å². The lowest BCUT2D eigenvalue weighted by molar-refractivity contribution is -0.138. The molecule has 23 heteroatoms. The number of pyridine rings is 3. The largest absolute Gasteiger partial charge is 0.497 e. The molecule has 2 aliphatic rings. The van der Waals surface area contributed by atoms with Crippen molar-refractivity contribution in [2.24, 2.45) is 0 Å². The fraction of sp³-hybridized carbons (Fsp3) is 0.212. The monoisotopic (exact) mass is 912 g/mol. The summed E-state index contributed by atoms with van der Waals surface area (Å²) in [6, 6.07) is 8.58. The van der Waals surface area contributed by atoms with Gasteiger partial charge >= 0.3 is 24.6 Å². The quantitative estimate of drug-likeness (QED) is 0.0973. The van der Waals surface area contributed by atoms with Crippen LogP contribution in [0.2, 0.25) is 0 Å². The Morgan fingerprint density at radius 3 is 2.05 bits per heavy atom. The third kappa shape index (κ3) is 8.97. The maximum atomic E-state index is 13.1. The molecule has 0 bridgehead atoms. The van der Waals surface area contributed by atoms with Crippen molar-refractivity contribution in [3.05, 3.63) is 125 Å². The van der Waals surface area contributed by atoms with Crippen LogP contribution >= 0.6 is 22.6 Å².